The highest BCUT2D eigenvalue weighted by molar-refractivity contribution is 6.15. The van der Waals surface area contributed by atoms with Gasteiger partial charge in [-0.25, -0.2) is 0 Å². The van der Waals surface area contributed by atoms with Gasteiger partial charge in [-0.2, -0.15) is 0 Å². The number of benzene rings is 6. The van der Waals surface area contributed by atoms with Gasteiger partial charge in [-0.15, -0.1) is 0 Å². The molecule has 13 rings (SSSR count). The third-order valence-electron chi connectivity index (χ3n) is 14.6. The number of hydrogen-bond acceptors (Lipinski definition) is 2. The Bertz CT molecular complexity index is 3410. The maximum Gasteiger partial charge on any atom is 0.100 e. The number of fused-ring (bicyclic) bond motifs is 11. The molecule has 0 amide bonds. The van der Waals surface area contributed by atoms with Gasteiger partial charge in [0, 0.05) is 49.9 Å². The van der Waals surface area contributed by atoms with Gasteiger partial charge in [-0.3, -0.25) is 5.32 Å². The summed E-state index contributed by atoms with van der Waals surface area (Å²) >= 11 is 0. The summed E-state index contributed by atoms with van der Waals surface area (Å²) in [7, 11) is 0. The zero-order valence-electron chi connectivity index (χ0n) is 39.7. The molecule has 67 heavy (non-hydrogen) atoms. The van der Waals surface area contributed by atoms with Gasteiger partial charge in [0.25, 0.3) is 0 Å². The third-order valence-corrected chi connectivity index (χ3v) is 14.6. The van der Waals surface area contributed by atoms with Crippen LogP contribution in [0.1, 0.15) is 88.8 Å². The topological polar surface area (TPSA) is 33.9 Å². The number of hydrogen-bond donors (Lipinski definition) is 2. The Morgan fingerprint density at radius 1 is 0.597 bits per heavy atom. The molecule has 4 heteroatoms. The van der Waals surface area contributed by atoms with E-state index in [0.717, 1.165) is 25.7 Å². The third kappa shape index (κ3) is 6.83. The summed E-state index contributed by atoms with van der Waals surface area (Å²) in [4.78, 5) is 0. The Morgan fingerprint density at radius 3 is 2.07 bits per heavy atom. The summed E-state index contributed by atoms with van der Waals surface area (Å²) in [6.07, 6.45) is 22.4. The smallest absolute Gasteiger partial charge is 0.100 e. The number of rotatable bonds is 5. The molecule has 4 aliphatic carbocycles. The molecule has 5 aliphatic rings. The fourth-order valence-electron chi connectivity index (χ4n) is 11.6. The van der Waals surface area contributed by atoms with Crippen LogP contribution >= 0.6 is 0 Å². The van der Waals surface area contributed by atoms with Crippen LogP contribution in [0.25, 0.3) is 78.1 Å². The van der Waals surface area contributed by atoms with Crippen LogP contribution in [0, 0.1) is 0 Å². The van der Waals surface area contributed by atoms with Crippen LogP contribution in [-0.4, -0.2) is 21.3 Å². The average Bonchev–Trinajstić information content (AvgIpc) is 4.00. The molecular formula is C63H60N4. The lowest BCUT2D eigenvalue weighted by Crippen LogP contribution is -2.52. The molecule has 0 radical (unpaired) electrons. The predicted octanol–water partition coefficient (Wildman–Crippen LogP) is 15.7. The second kappa shape index (κ2) is 17.3. The first-order valence-corrected chi connectivity index (χ1v) is 24.7. The van der Waals surface area contributed by atoms with Crippen molar-refractivity contribution < 1.29 is 0 Å². The molecule has 0 bridgehead atoms. The maximum absolute atomic E-state index is 3.94. The summed E-state index contributed by atoms with van der Waals surface area (Å²) in [5.74, 6) is 0. The summed E-state index contributed by atoms with van der Waals surface area (Å²) in [5.41, 5.74) is 22.2. The number of allylic oxidation sites excluding steroid dienone is 6. The first kappa shape index (κ1) is 42.5. The quantitative estimate of drug-likeness (QED) is 0.181. The second-order valence-corrected chi connectivity index (χ2v) is 18.4. The van der Waals surface area contributed by atoms with E-state index in [1.54, 1.807) is 0 Å². The number of nitrogens with zero attached hydrogens (tertiary/aromatic N) is 2. The summed E-state index contributed by atoms with van der Waals surface area (Å²) in [5, 5.41) is 11.8. The van der Waals surface area contributed by atoms with E-state index in [0.29, 0.717) is 0 Å². The Labute approximate surface area is 396 Å². The molecule has 2 aromatic heterocycles. The van der Waals surface area contributed by atoms with Crippen molar-refractivity contribution in [3.8, 4) is 27.9 Å². The van der Waals surface area contributed by atoms with Crippen LogP contribution in [0.5, 0.6) is 0 Å². The average molecular weight is 873 g/mol. The first-order valence-electron chi connectivity index (χ1n) is 24.7. The standard InChI is InChI=1S/C59H48N4.2C2H6/c1-59(2)50-22-12-9-19-43(50)45-31-32-46-49-36-40(39-27-33-53-48(35-39)44-20-11-14-24-52(44)62(53)41-17-7-4-8-18-41)28-34-54(49)63(57(46)55(45)59)42-29-25-38(26-30-42)58-60-51-23-13-10-21-47(51)56(61-58)37-15-5-3-6-16-37;2*1-2/h3-13,15-23,25,27-29,31-36,51,58,60-61H,14,24,26,30H2,1-2H3;2*1-2H3. The van der Waals surface area contributed by atoms with Crippen LogP contribution in [-0.2, 0) is 11.8 Å². The summed E-state index contributed by atoms with van der Waals surface area (Å²) in [6, 6.07) is 50.0. The molecule has 8 aromatic rings. The maximum atomic E-state index is 3.94. The van der Waals surface area contributed by atoms with E-state index in [-0.39, 0.29) is 17.6 Å². The van der Waals surface area contributed by atoms with Gasteiger partial charge in [0.2, 0.25) is 0 Å². The van der Waals surface area contributed by atoms with Crippen molar-refractivity contribution in [3.05, 3.63) is 215 Å². The lowest BCUT2D eigenvalue weighted by molar-refractivity contribution is 0.481. The van der Waals surface area contributed by atoms with Gasteiger partial charge >= 0.3 is 0 Å². The van der Waals surface area contributed by atoms with Gasteiger partial charge in [0.05, 0.1) is 22.6 Å². The molecule has 2 unspecified atom stereocenters. The van der Waals surface area contributed by atoms with Gasteiger partial charge in [0.1, 0.15) is 6.17 Å². The highest BCUT2D eigenvalue weighted by atomic mass is 15.2. The van der Waals surface area contributed by atoms with E-state index in [1.165, 1.54) is 111 Å². The molecule has 4 nitrogen and oxygen atoms in total. The highest BCUT2D eigenvalue weighted by Crippen LogP contribution is 2.53. The van der Waals surface area contributed by atoms with Crippen molar-refractivity contribution in [1.82, 2.24) is 19.8 Å². The van der Waals surface area contributed by atoms with Gasteiger partial charge in [0.15, 0.2) is 0 Å². The Morgan fingerprint density at radius 2 is 1.31 bits per heavy atom. The Kier molecular flexibility index (Phi) is 10.9. The van der Waals surface area contributed by atoms with E-state index in [9.17, 15) is 0 Å². The minimum Gasteiger partial charge on any atom is -0.365 e. The highest BCUT2D eigenvalue weighted by Gasteiger charge is 2.39. The molecule has 6 aromatic carbocycles. The SMILES string of the molecule is CC.CC.CC1(C)c2ccccc2-c2ccc3c4cc(-c5ccc6c(c5)c5c(n6-c6ccccc6)CCC=C5)ccc4n(C4=CC=C(C5NC(c6ccccc6)=C6C=CC=CC6N5)CC4)c3c21. The zero-order chi connectivity index (χ0) is 45.8. The number of nitrogens with one attached hydrogen (secondary N) is 2. The predicted molar refractivity (Wildman–Crippen MR) is 286 cm³/mol. The van der Waals surface area contributed by atoms with Crippen LogP contribution in [0.3, 0.4) is 0 Å². The fourth-order valence-corrected chi connectivity index (χ4v) is 11.6. The Hall–Kier alpha value is -7.14. The number of aromatic nitrogens is 2. The molecule has 2 N–H and O–H groups in total. The van der Waals surface area contributed by atoms with Crippen molar-refractivity contribution in [1.29, 1.82) is 0 Å². The molecule has 0 saturated heterocycles. The summed E-state index contributed by atoms with van der Waals surface area (Å²) < 4.78 is 5.11. The largest absolute Gasteiger partial charge is 0.365 e. The van der Waals surface area contributed by atoms with E-state index in [4.69, 9.17) is 0 Å². The lowest BCUT2D eigenvalue weighted by Gasteiger charge is -2.37. The molecule has 332 valence electrons. The molecule has 0 spiro atoms. The molecule has 0 saturated carbocycles. The van der Waals surface area contributed by atoms with Crippen molar-refractivity contribution >= 4 is 50.2 Å². The molecule has 0 fully saturated rings. The minimum absolute atomic E-state index is 0.0318. The van der Waals surface area contributed by atoms with Crippen LogP contribution in [0.2, 0.25) is 0 Å². The molecule has 1 aliphatic heterocycles. The van der Waals surface area contributed by atoms with Crippen molar-refractivity contribution in [2.24, 2.45) is 0 Å². The molecular weight excluding hydrogens is 813 g/mol. The van der Waals surface area contributed by atoms with Crippen LogP contribution < -0.4 is 10.6 Å². The summed E-state index contributed by atoms with van der Waals surface area (Å²) in [6.45, 7) is 12.8. The monoisotopic (exact) mass is 872 g/mol. The van der Waals surface area contributed by atoms with E-state index >= 15 is 0 Å². The van der Waals surface area contributed by atoms with E-state index < -0.39 is 0 Å². The van der Waals surface area contributed by atoms with E-state index in [2.05, 4.69) is 216 Å². The second-order valence-electron chi connectivity index (χ2n) is 18.4. The minimum atomic E-state index is -0.157. The van der Waals surface area contributed by atoms with Crippen LogP contribution in [0.15, 0.2) is 187 Å². The molecule has 2 atom stereocenters. The zero-order valence-corrected chi connectivity index (χ0v) is 39.7. The van der Waals surface area contributed by atoms with Crippen molar-refractivity contribution in [3.63, 3.8) is 0 Å². The van der Waals surface area contributed by atoms with Crippen molar-refractivity contribution in [2.75, 3.05) is 0 Å². The van der Waals surface area contributed by atoms with Gasteiger partial charge in [-0.1, -0.05) is 181 Å². The normalized spacial score (nSPS) is 18.5. The van der Waals surface area contributed by atoms with Crippen LogP contribution in [0.4, 0.5) is 0 Å². The Balaban J connectivity index is 0.00000121. The van der Waals surface area contributed by atoms with Gasteiger partial charge in [-0.05, 0) is 118 Å². The molecule has 3 heterocycles. The van der Waals surface area contributed by atoms with E-state index in [1.807, 2.05) is 27.7 Å². The first-order chi connectivity index (χ1) is 33.0. The van der Waals surface area contributed by atoms with Crippen molar-refractivity contribution in [2.45, 2.75) is 84.8 Å². The lowest BCUT2D eigenvalue weighted by atomic mass is 9.81. The van der Waals surface area contributed by atoms with Gasteiger partial charge < -0.3 is 14.5 Å². The fraction of sp³-hybridized carbons (Fsp3) is 0.206. The number of para-hydroxylation sites is 1.